The van der Waals surface area contributed by atoms with Crippen LogP contribution in [0.4, 0.5) is 0 Å². The van der Waals surface area contributed by atoms with Crippen molar-refractivity contribution in [2.24, 2.45) is 0 Å². The van der Waals surface area contributed by atoms with Crippen molar-refractivity contribution in [3.05, 3.63) is 58.3 Å². The summed E-state index contributed by atoms with van der Waals surface area (Å²) in [5.41, 5.74) is 2.29. The average molecular weight is 322 g/mol. The van der Waals surface area contributed by atoms with Crippen LogP contribution < -0.4 is 10.1 Å². The van der Waals surface area contributed by atoms with E-state index in [2.05, 4.69) is 32.3 Å². The Bertz CT molecular complexity index is 517. The van der Waals surface area contributed by atoms with E-state index in [9.17, 15) is 0 Å². The van der Waals surface area contributed by atoms with E-state index in [0.29, 0.717) is 6.61 Å². The second-order valence-electron chi connectivity index (χ2n) is 4.20. The Labute approximate surface area is 122 Å². The molecule has 2 rings (SSSR count). The van der Waals surface area contributed by atoms with Crippen molar-refractivity contribution >= 4 is 15.9 Å². The highest BCUT2D eigenvalue weighted by Gasteiger charge is 2.06. The maximum atomic E-state index is 5.64. The summed E-state index contributed by atoms with van der Waals surface area (Å²) in [6, 6.07) is 12.1. The lowest BCUT2D eigenvalue weighted by atomic mass is 10.2. The minimum absolute atomic E-state index is 0.689. The van der Waals surface area contributed by atoms with Crippen molar-refractivity contribution in [3.63, 3.8) is 0 Å². The highest BCUT2D eigenvalue weighted by Crippen LogP contribution is 2.22. The summed E-state index contributed by atoms with van der Waals surface area (Å²) >= 11 is 3.50. The van der Waals surface area contributed by atoms with E-state index < -0.39 is 0 Å². The largest absolute Gasteiger partial charge is 0.493 e. The van der Waals surface area contributed by atoms with Crippen LogP contribution in [0.15, 0.2) is 47.1 Å². The zero-order valence-corrected chi connectivity index (χ0v) is 12.6. The SMILES string of the molecule is CCOc1ccc(Br)cc1C[NH2+]Cc1ccccn1. The number of ether oxygens (including phenoxy) is 1. The summed E-state index contributed by atoms with van der Waals surface area (Å²) in [6.07, 6.45) is 1.83. The first kappa shape index (κ1) is 14.0. The zero-order valence-electron chi connectivity index (χ0n) is 11.0. The first-order valence-corrected chi connectivity index (χ1v) is 7.21. The minimum Gasteiger partial charge on any atom is -0.493 e. The molecule has 0 spiro atoms. The number of nitrogens with two attached hydrogens (primary N) is 1. The number of rotatable bonds is 6. The lowest BCUT2D eigenvalue weighted by Gasteiger charge is -2.09. The van der Waals surface area contributed by atoms with Gasteiger partial charge in [-0.1, -0.05) is 22.0 Å². The molecule has 0 saturated carbocycles. The first-order valence-electron chi connectivity index (χ1n) is 6.42. The van der Waals surface area contributed by atoms with Crippen molar-refractivity contribution in [2.45, 2.75) is 20.0 Å². The summed E-state index contributed by atoms with van der Waals surface area (Å²) < 4.78 is 6.72. The molecule has 4 heteroatoms. The van der Waals surface area contributed by atoms with Crippen LogP contribution in [0.3, 0.4) is 0 Å². The molecule has 0 bridgehead atoms. The fraction of sp³-hybridized carbons (Fsp3) is 0.267. The fourth-order valence-corrected chi connectivity index (χ4v) is 2.31. The average Bonchev–Trinajstić information content (AvgIpc) is 2.43. The molecule has 0 atom stereocenters. The minimum atomic E-state index is 0.689. The smallest absolute Gasteiger partial charge is 0.128 e. The van der Waals surface area contributed by atoms with Crippen molar-refractivity contribution < 1.29 is 10.1 Å². The van der Waals surface area contributed by atoms with Crippen molar-refractivity contribution in [1.29, 1.82) is 0 Å². The molecule has 0 saturated heterocycles. The van der Waals surface area contributed by atoms with Crippen LogP contribution in [0.5, 0.6) is 5.75 Å². The number of halogens is 1. The molecule has 0 aliphatic rings. The number of benzene rings is 1. The Morgan fingerprint density at radius 3 is 2.84 bits per heavy atom. The van der Waals surface area contributed by atoms with Gasteiger partial charge < -0.3 is 10.1 Å². The van der Waals surface area contributed by atoms with Gasteiger partial charge in [0.1, 0.15) is 18.8 Å². The van der Waals surface area contributed by atoms with Crippen LogP contribution in [0.2, 0.25) is 0 Å². The Hall–Kier alpha value is -1.39. The van der Waals surface area contributed by atoms with Gasteiger partial charge in [0.15, 0.2) is 0 Å². The molecule has 0 fully saturated rings. The molecule has 3 nitrogen and oxygen atoms in total. The van der Waals surface area contributed by atoms with Gasteiger partial charge >= 0.3 is 0 Å². The van der Waals surface area contributed by atoms with Gasteiger partial charge in [-0.2, -0.15) is 0 Å². The molecular weight excluding hydrogens is 304 g/mol. The number of pyridine rings is 1. The molecule has 2 aromatic rings. The highest BCUT2D eigenvalue weighted by atomic mass is 79.9. The van der Waals surface area contributed by atoms with Crippen molar-refractivity contribution in [1.82, 2.24) is 4.98 Å². The van der Waals surface area contributed by atoms with E-state index >= 15 is 0 Å². The van der Waals surface area contributed by atoms with Crippen LogP contribution >= 0.6 is 15.9 Å². The zero-order chi connectivity index (χ0) is 13.5. The second kappa shape index (κ2) is 7.26. The summed E-state index contributed by atoms with van der Waals surface area (Å²) in [6.45, 7) is 4.45. The van der Waals surface area contributed by atoms with Gasteiger partial charge in [0.2, 0.25) is 0 Å². The van der Waals surface area contributed by atoms with Crippen molar-refractivity contribution in [2.75, 3.05) is 6.61 Å². The van der Waals surface area contributed by atoms with Crippen LogP contribution in [0.1, 0.15) is 18.2 Å². The van der Waals surface area contributed by atoms with E-state index in [1.807, 2.05) is 43.5 Å². The van der Waals surface area contributed by atoms with E-state index in [1.54, 1.807) is 0 Å². The highest BCUT2D eigenvalue weighted by molar-refractivity contribution is 9.10. The van der Waals surface area contributed by atoms with Gasteiger partial charge in [0.25, 0.3) is 0 Å². The molecule has 0 unspecified atom stereocenters. The van der Waals surface area contributed by atoms with E-state index in [0.717, 1.165) is 29.0 Å². The van der Waals surface area contributed by atoms with Gasteiger partial charge in [-0.25, -0.2) is 0 Å². The fourth-order valence-electron chi connectivity index (χ4n) is 1.90. The Kier molecular flexibility index (Phi) is 5.36. The molecule has 1 aromatic carbocycles. The molecular formula is C15H18BrN2O+. The van der Waals surface area contributed by atoms with E-state index in [1.165, 1.54) is 5.56 Å². The number of hydrogen-bond donors (Lipinski definition) is 1. The van der Waals surface area contributed by atoms with E-state index in [-0.39, 0.29) is 0 Å². The van der Waals surface area contributed by atoms with Crippen molar-refractivity contribution in [3.8, 4) is 5.75 Å². The predicted octanol–water partition coefficient (Wildman–Crippen LogP) is 2.51. The monoisotopic (exact) mass is 321 g/mol. The number of hydrogen-bond acceptors (Lipinski definition) is 2. The van der Waals surface area contributed by atoms with Gasteiger partial charge in [0, 0.05) is 16.2 Å². The molecule has 0 aliphatic carbocycles. The molecule has 2 N–H and O–H groups in total. The predicted molar refractivity (Wildman–Crippen MR) is 78.9 cm³/mol. The molecule has 1 aromatic heterocycles. The Morgan fingerprint density at radius 2 is 2.11 bits per heavy atom. The third-order valence-electron chi connectivity index (χ3n) is 2.77. The number of nitrogens with zero attached hydrogens (tertiary/aromatic N) is 1. The van der Waals surface area contributed by atoms with Crippen LogP contribution in [-0.4, -0.2) is 11.6 Å². The lowest BCUT2D eigenvalue weighted by Crippen LogP contribution is -2.80. The maximum Gasteiger partial charge on any atom is 0.128 e. The first-order chi connectivity index (χ1) is 9.29. The molecule has 1 heterocycles. The quantitative estimate of drug-likeness (QED) is 0.887. The summed E-state index contributed by atoms with van der Waals surface area (Å²) in [4.78, 5) is 4.31. The number of aromatic nitrogens is 1. The van der Waals surface area contributed by atoms with Crippen LogP contribution in [-0.2, 0) is 13.1 Å². The maximum absolute atomic E-state index is 5.64. The van der Waals surface area contributed by atoms with Gasteiger partial charge in [-0.15, -0.1) is 0 Å². The Morgan fingerprint density at radius 1 is 1.21 bits per heavy atom. The van der Waals surface area contributed by atoms with Crippen LogP contribution in [0, 0.1) is 0 Å². The molecule has 0 aliphatic heterocycles. The molecule has 0 amide bonds. The standard InChI is InChI=1S/C15H17BrN2O/c1-2-19-15-7-6-13(16)9-12(15)10-17-11-14-5-3-4-8-18-14/h3-9,17H,2,10-11H2,1H3/p+1. The summed E-state index contributed by atoms with van der Waals surface area (Å²) in [7, 11) is 0. The second-order valence-corrected chi connectivity index (χ2v) is 5.12. The van der Waals surface area contributed by atoms with Gasteiger partial charge in [-0.05, 0) is 37.3 Å². The van der Waals surface area contributed by atoms with Gasteiger partial charge in [-0.3, -0.25) is 4.98 Å². The Balaban J connectivity index is 1.96. The lowest BCUT2D eigenvalue weighted by molar-refractivity contribution is -0.686. The van der Waals surface area contributed by atoms with Gasteiger partial charge in [0.05, 0.1) is 12.3 Å². The number of quaternary nitrogens is 1. The molecule has 100 valence electrons. The third kappa shape index (κ3) is 4.33. The molecule has 19 heavy (non-hydrogen) atoms. The van der Waals surface area contributed by atoms with Crippen LogP contribution in [0.25, 0.3) is 0 Å². The summed E-state index contributed by atoms with van der Waals surface area (Å²) in [5, 5.41) is 2.23. The molecule has 0 radical (unpaired) electrons. The normalized spacial score (nSPS) is 10.4. The summed E-state index contributed by atoms with van der Waals surface area (Å²) in [5.74, 6) is 0.961. The third-order valence-corrected chi connectivity index (χ3v) is 3.26. The topological polar surface area (TPSA) is 38.7 Å². The van der Waals surface area contributed by atoms with E-state index in [4.69, 9.17) is 4.74 Å².